The van der Waals surface area contributed by atoms with Crippen LogP contribution >= 0.6 is 0 Å². The van der Waals surface area contributed by atoms with E-state index in [1.165, 1.54) is 19.3 Å². The van der Waals surface area contributed by atoms with Crippen molar-refractivity contribution in [1.82, 2.24) is 10.2 Å². The first-order chi connectivity index (χ1) is 13.2. The van der Waals surface area contributed by atoms with Gasteiger partial charge in [0.15, 0.2) is 18.1 Å². The van der Waals surface area contributed by atoms with Gasteiger partial charge in [0.25, 0.3) is 5.91 Å². The second-order valence-electron chi connectivity index (χ2n) is 7.44. The fourth-order valence-electron chi connectivity index (χ4n) is 4.00. The molecule has 27 heavy (non-hydrogen) atoms. The van der Waals surface area contributed by atoms with Crippen LogP contribution in [-0.4, -0.2) is 49.6 Å². The highest BCUT2D eigenvalue weighted by atomic mass is 16.5. The van der Waals surface area contributed by atoms with Crippen molar-refractivity contribution in [2.45, 2.75) is 51.0 Å². The highest BCUT2D eigenvalue weighted by molar-refractivity contribution is 5.79. The van der Waals surface area contributed by atoms with Crippen LogP contribution in [0.15, 0.2) is 24.3 Å². The first-order valence-electron chi connectivity index (χ1n) is 10.0. The van der Waals surface area contributed by atoms with Crippen LogP contribution in [0.5, 0.6) is 11.5 Å². The predicted molar refractivity (Wildman–Crippen MR) is 103 cm³/mol. The van der Waals surface area contributed by atoms with E-state index in [0.29, 0.717) is 17.4 Å². The minimum absolute atomic E-state index is 0.0401. The molecule has 0 unspecified atom stereocenters. The van der Waals surface area contributed by atoms with Crippen LogP contribution in [-0.2, 0) is 9.59 Å². The van der Waals surface area contributed by atoms with Gasteiger partial charge >= 0.3 is 0 Å². The molecule has 1 aliphatic carbocycles. The first-order valence-corrected chi connectivity index (χ1v) is 10.0. The minimum atomic E-state index is -0.141. The number of nitrogens with one attached hydrogen (secondary N) is 1. The number of nitrogens with zero attached hydrogens (tertiary/aromatic N) is 1. The molecule has 6 heteroatoms. The maximum absolute atomic E-state index is 12.6. The number of ether oxygens (including phenoxy) is 2. The number of likely N-dealkylation sites (tertiary alicyclic amines) is 1. The number of carbonyl (C=O) groups excluding carboxylic acids is 2. The largest absolute Gasteiger partial charge is 0.493 e. The van der Waals surface area contributed by atoms with Crippen molar-refractivity contribution in [3.63, 3.8) is 0 Å². The van der Waals surface area contributed by atoms with E-state index >= 15 is 0 Å². The number of hydrogen-bond acceptors (Lipinski definition) is 4. The topological polar surface area (TPSA) is 67.9 Å². The molecule has 1 saturated heterocycles. The van der Waals surface area contributed by atoms with Gasteiger partial charge in [-0.1, -0.05) is 31.4 Å². The summed E-state index contributed by atoms with van der Waals surface area (Å²) in [6.07, 6.45) is 7.29. The third kappa shape index (κ3) is 5.37. The van der Waals surface area contributed by atoms with E-state index in [9.17, 15) is 9.59 Å². The maximum Gasteiger partial charge on any atom is 0.258 e. The average molecular weight is 374 g/mol. The van der Waals surface area contributed by atoms with Crippen LogP contribution in [0.2, 0.25) is 0 Å². The van der Waals surface area contributed by atoms with Gasteiger partial charge < -0.3 is 19.7 Å². The zero-order chi connectivity index (χ0) is 19.1. The molecule has 2 aliphatic rings. The number of piperidine rings is 1. The van der Waals surface area contributed by atoms with E-state index < -0.39 is 0 Å². The van der Waals surface area contributed by atoms with Gasteiger partial charge in [-0.15, -0.1) is 0 Å². The quantitative estimate of drug-likeness (QED) is 0.831. The second-order valence-corrected chi connectivity index (χ2v) is 7.44. The zero-order valence-corrected chi connectivity index (χ0v) is 16.1. The fraction of sp³-hybridized carbons (Fsp3) is 0.619. The third-order valence-corrected chi connectivity index (χ3v) is 5.55. The molecule has 0 aromatic heterocycles. The number of rotatable bonds is 6. The Balaban J connectivity index is 1.39. The predicted octanol–water partition coefficient (Wildman–Crippen LogP) is 2.76. The van der Waals surface area contributed by atoms with Gasteiger partial charge in [-0.05, 0) is 37.8 Å². The average Bonchev–Trinajstić information content (AvgIpc) is 2.73. The lowest BCUT2D eigenvalue weighted by Gasteiger charge is -2.35. The van der Waals surface area contributed by atoms with Crippen LogP contribution in [0.4, 0.5) is 0 Å². The molecule has 1 saturated carbocycles. The summed E-state index contributed by atoms with van der Waals surface area (Å²) in [6.45, 7) is 1.42. The Hall–Kier alpha value is -2.24. The van der Waals surface area contributed by atoms with Crippen molar-refractivity contribution >= 4 is 11.8 Å². The van der Waals surface area contributed by atoms with E-state index in [0.717, 1.165) is 38.8 Å². The Labute approximate surface area is 161 Å². The molecule has 0 bridgehead atoms. The van der Waals surface area contributed by atoms with Crippen molar-refractivity contribution in [1.29, 1.82) is 0 Å². The van der Waals surface area contributed by atoms with Crippen LogP contribution in [0, 0.1) is 5.92 Å². The lowest BCUT2D eigenvalue weighted by Crippen LogP contribution is -2.49. The van der Waals surface area contributed by atoms with Crippen molar-refractivity contribution in [2.24, 2.45) is 5.92 Å². The fourth-order valence-corrected chi connectivity index (χ4v) is 4.00. The van der Waals surface area contributed by atoms with Crippen LogP contribution in [0.25, 0.3) is 0 Å². The molecule has 1 aromatic rings. The molecule has 0 spiro atoms. The molecule has 148 valence electrons. The van der Waals surface area contributed by atoms with Crippen LogP contribution in [0.3, 0.4) is 0 Å². The summed E-state index contributed by atoms with van der Waals surface area (Å²) in [6, 6.07) is 7.38. The smallest absolute Gasteiger partial charge is 0.258 e. The minimum Gasteiger partial charge on any atom is -0.493 e. The van der Waals surface area contributed by atoms with E-state index in [1.807, 2.05) is 17.0 Å². The van der Waals surface area contributed by atoms with E-state index in [2.05, 4.69) is 5.32 Å². The van der Waals surface area contributed by atoms with Gasteiger partial charge in [0.1, 0.15) is 0 Å². The SMILES string of the molecule is COc1ccccc1OCC(=O)NC1CCN(C(=O)C2CCCCC2)CC1. The number of carbonyl (C=O) groups is 2. The summed E-state index contributed by atoms with van der Waals surface area (Å²) in [7, 11) is 1.57. The lowest BCUT2D eigenvalue weighted by molar-refractivity contribution is -0.137. The summed E-state index contributed by atoms with van der Waals surface area (Å²) in [5.74, 6) is 1.57. The van der Waals surface area contributed by atoms with Crippen LogP contribution in [0.1, 0.15) is 44.9 Å². The Morgan fingerprint density at radius 3 is 2.37 bits per heavy atom. The summed E-state index contributed by atoms with van der Waals surface area (Å²) < 4.78 is 10.8. The van der Waals surface area contributed by atoms with Gasteiger partial charge in [-0.25, -0.2) is 0 Å². The summed E-state index contributed by atoms with van der Waals surface area (Å²) in [4.78, 5) is 26.8. The zero-order valence-electron chi connectivity index (χ0n) is 16.1. The normalized spacial score (nSPS) is 18.8. The maximum atomic E-state index is 12.6. The second kappa shape index (κ2) is 9.62. The Morgan fingerprint density at radius 1 is 1.04 bits per heavy atom. The molecule has 1 heterocycles. The number of benzene rings is 1. The molecule has 2 fully saturated rings. The summed E-state index contributed by atoms with van der Waals surface area (Å²) in [5.41, 5.74) is 0. The van der Waals surface area contributed by atoms with Crippen molar-refractivity contribution < 1.29 is 19.1 Å². The molecule has 1 aliphatic heterocycles. The van der Waals surface area contributed by atoms with Crippen molar-refractivity contribution in [3.05, 3.63) is 24.3 Å². The van der Waals surface area contributed by atoms with Crippen LogP contribution < -0.4 is 14.8 Å². The Kier molecular flexibility index (Phi) is 6.96. The van der Waals surface area contributed by atoms with Crippen molar-refractivity contribution in [3.8, 4) is 11.5 Å². The molecule has 0 radical (unpaired) electrons. The molecular formula is C21H30N2O4. The monoisotopic (exact) mass is 374 g/mol. The molecule has 6 nitrogen and oxygen atoms in total. The lowest BCUT2D eigenvalue weighted by atomic mass is 9.87. The first kappa shape index (κ1) is 19.5. The van der Waals surface area contributed by atoms with Gasteiger partial charge in [0, 0.05) is 25.0 Å². The van der Waals surface area contributed by atoms with E-state index in [-0.39, 0.29) is 24.5 Å². The van der Waals surface area contributed by atoms with E-state index in [4.69, 9.17) is 9.47 Å². The summed E-state index contributed by atoms with van der Waals surface area (Å²) >= 11 is 0. The standard InChI is InChI=1S/C21H30N2O4/c1-26-18-9-5-6-10-19(18)27-15-20(24)22-17-11-13-23(14-12-17)21(25)16-7-3-2-4-8-16/h5-6,9-10,16-17H,2-4,7-8,11-15H2,1H3,(H,22,24). The number of amides is 2. The highest BCUT2D eigenvalue weighted by Crippen LogP contribution is 2.27. The van der Waals surface area contributed by atoms with Gasteiger partial charge in [0.05, 0.1) is 7.11 Å². The molecule has 1 aromatic carbocycles. The van der Waals surface area contributed by atoms with Gasteiger partial charge in [0.2, 0.25) is 5.91 Å². The molecular weight excluding hydrogens is 344 g/mol. The molecule has 2 amide bonds. The molecule has 0 atom stereocenters. The number of para-hydroxylation sites is 2. The van der Waals surface area contributed by atoms with E-state index in [1.54, 1.807) is 19.2 Å². The van der Waals surface area contributed by atoms with Crippen molar-refractivity contribution in [2.75, 3.05) is 26.8 Å². The molecule has 3 rings (SSSR count). The number of hydrogen-bond donors (Lipinski definition) is 1. The molecule has 1 N–H and O–H groups in total. The summed E-state index contributed by atoms with van der Waals surface area (Å²) in [5, 5.41) is 3.02. The highest BCUT2D eigenvalue weighted by Gasteiger charge is 2.29. The van der Waals surface area contributed by atoms with Gasteiger partial charge in [-0.3, -0.25) is 9.59 Å². The van der Waals surface area contributed by atoms with Gasteiger partial charge in [-0.2, -0.15) is 0 Å². The Morgan fingerprint density at radius 2 is 1.70 bits per heavy atom. The number of methoxy groups -OCH3 is 1. The Bertz CT molecular complexity index is 635. The third-order valence-electron chi connectivity index (χ3n) is 5.55.